The number of nitro benzene ring substituents is 1. The Morgan fingerprint density at radius 1 is 1.67 bits per heavy atom. The van der Waals surface area contributed by atoms with Gasteiger partial charge in [-0.2, -0.15) is 0 Å². The van der Waals surface area contributed by atoms with Crippen molar-refractivity contribution in [3.8, 4) is 0 Å². The molecule has 0 bridgehead atoms. The lowest BCUT2D eigenvalue weighted by molar-refractivity contribution is -0.385. The molecule has 1 fully saturated rings. The summed E-state index contributed by atoms with van der Waals surface area (Å²) in [7, 11) is 0. The minimum Gasteiger partial charge on any atom is -0.385 e. The van der Waals surface area contributed by atoms with Crippen LogP contribution in [-0.2, 0) is 4.74 Å². The van der Waals surface area contributed by atoms with E-state index >= 15 is 0 Å². The van der Waals surface area contributed by atoms with Gasteiger partial charge >= 0.3 is 0 Å². The number of amides is 1. The van der Waals surface area contributed by atoms with Gasteiger partial charge in [0.05, 0.1) is 11.0 Å². The average Bonchev–Trinajstić information content (AvgIpc) is 2.76. The van der Waals surface area contributed by atoms with Crippen LogP contribution in [-0.4, -0.2) is 40.8 Å². The van der Waals surface area contributed by atoms with Gasteiger partial charge in [0.15, 0.2) is 0 Å². The number of aliphatic hydroxyl groups is 1. The van der Waals surface area contributed by atoms with E-state index in [4.69, 9.17) is 16.3 Å². The van der Waals surface area contributed by atoms with Crippen molar-refractivity contribution in [2.75, 3.05) is 13.2 Å². The van der Waals surface area contributed by atoms with E-state index in [1.165, 1.54) is 12.1 Å². The number of hydrogen-bond donors (Lipinski definition) is 2. The lowest BCUT2D eigenvalue weighted by Crippen LogP contribution is -2.47. The summed E-state index contributed by atoms with van der Waals surface area (Å²) >= 11 is 5.69. The summed E-state index contributed by atoms with van der Waals surface area (Å²) in [6, 6.07) is 3.81. The average molecular weight is 315 g/mol. The van der Waals surface area contributed by atoms with Crippen molar-refractivity contribution in [3.05, 3.63) is 38.9 Å². The minimum atomic E-state index is -1.16. The highest BCUT2D eigenvalue weighted by Gasteiger charge is 2.40. The second-order valence-corrected chi connectivity index (χ2v) is 5.40. The molecule has 1 amide bonds. The molecule has 114 valence electrons. The van der Waals surface area contributed by atoms with Crippen LogP contribution in [0.15, 0.2) is 18.2 Å². The fourth-order valence-electron chi connectivity index (χ4n) is 2.18. The summed E-state index contributed by atoms with van der Waals surface area (Å²) in [6.07, 6.45) is -0.00467. The molecule has 2 atom stereocenters. The molecule has 2 unspecified atom stereocenters. The molecule has 1 aromatic rings. The number of hydrogen-bond acceptors (Lipinski definition) is 5. The summed E-state index contributed by atoms with van der Waals surface area (Å²) < 4.78 is 5.26. The van der Waals surface area contributed by atoms with E-state index < -0.39 is 22.5 Å². The summed E-state index contributed by atoms with van der Waals surface area (Å²) in [4.78, 5) is 22.4. The Morgan fingerprint density at radius 2 is 2.38 bits per heavy atom. The third kappa shape index (κ3) is 3.31. The number of halogens is 1. The van der Waals surface area contributed by atoms with Gasteiger partial charge in [-0.25, -0.2) is 0 Å². The molecule has 0 spiro atoms. The zero-order valence-electron chi connectivity index (χ0n) is 11.3. The van der Waals surface area contributed by atoms with Crippen LogP contribution in [0.5, 0.6) is 0 Å². The smallest absolute Gasteiger partial charge is 0.283 e. The maximum Gasteiger partial charge on any atom is 0.283 e. The molecular formula is C13H15ClN2O5. The zero-order valence-corrected chi connectivity index (χ0v) is 12.1. The number of rotatable bonds is 4. The van der Waals surface area contributed by atoms with E-state index in [9.17, 15) is 20.0 Å². The Morgan fingerprint density at radius 3 is 2.95 bits per heavy atom. The second kappa shape index (κ2) is 5.97. The molecule has 0 radical (unpaired) electrons. The van der Waals surface area contributed by atoms with E-state index in [0.717, 1.165) is 6.07 Å². The van der Waals surface area contributed by atoms with Gasteiger partial charge in [-0.1, -0.05) is 11.6 Å². The summed E-state index contributed by atoms with van der Waals surface area (Å²) in [5.41, 5.74) is -1.63. The molecule has 8 heteroatoms. The van der Waals surface area contributed by atoms with Crippen molar-refractivity contribution < 1.29 is 19.6 Å². The quantitative estimate of drug-likeness (QED) is 0.648. The van der Waals surface area contributed by atoms with E-state index in [1.807, 2.05) is 0 Å². The van der Waals surface area contributed by atoms with Gasteiger partial charge in [-0.15, -0.1) is 0 Å². The second-order valence-electron chi connectivity index (χ2n) is 4.97. The highest BCUT2D eigenvalue weighted by atomic mass is 35.5. The first kappa shape index (κ1) is 15.7. The van der Waals surface area contributed by atoms with Gasteiger partial charge < -0.3 is 15.2 Å². The molecule has 0 aliphatic carbocycles. The van der Waals surface area contributed by atoms with Crippen LogP contribution >= 0.6 is 11.6 Å². The van der Waals surface area contributed by atoms with Crippen molar-refractivity contribution in [2.24, 2.45) is 0 Å². The largest absolute Gasteiger partial charge is 0.385 e. The van der Waals surface area contributed by atoms with E-state index in [-0.39, 0.29) is 22.8 Å². The number of nitro groups is 1. The molecule has 0 saturated carbocycles. The maximum atomic E-state index is 12.1. The van der Waals surface area contributed by atoms with Crippen LogP contribution < -0.4 is 5.32 Å². The van der Waals surface area contributed by atoms with Gasteiger partial charge in [0, 0.05) is 30.7 Å². The van der Waals surface area contributed by atoms with Crippen molar-refractivity contribution in [1.82, 2.24) is 5.32 Å². The fraction of sp³-hybridized carbons (Fsp3) is 0.462. The number of nitrogens with zero attached hydrogens (tertiary/aromatic N) is 1. The first-order chi connectivity index (χ1) is 9.83. The first-order valence-electron chi connectivity index (χ1n) is 6.39. The molecule has 21 heavy (non-hydrogen) atoms. The third-order valence-corrected chi connectivity index (χ3v) is 3.85. The molecule has 0 aromatic heterocycles. The molecule has 1 saturated heterocycles. The third-order valence-electron chi connectivity index (χ3n) is 3.62. The molecule has 2 rings (SSSR count). The lowest BCUT2D eigenvalue weighted by Gasteiger charge is -2.26. The fourth-order valence-corrected chi connectivity index (χ4v) is 2.35. The molecule has 1 aromatic carbocycles. The molecule has 2 N–H and O–H groups in total. The lowest BCUT2D eigenvalue weighted by atomic mass is 9.96. The Bertz CT molecular complexity index is 580. The Balaban J connectivity index is 2.12. The van der Waals surface area contributed by atoms with E-state index in [2.05, 4.69) is 5.32 Å². The highest BCUT2D eigenvalue weighted by Crippen LogP contribution is 2.26. The van der Waals surface area contributed by atoms with Crippen LogP contribution in [0.4, 0.5) is 5.69 Å². The SMILES string of the molecule is CC1OCCC1(O)CNC(=O)c1ccc(Cl)cc1[N+](=O)[O-]. The summed E-state index contributed by atoms with van der Waals surface area (Å²) in [5, 5.41) is 23.9. The summed E-state index contributed by atoms with van der Waals surface area (Å²) in [6.45, 7) is 2.09. The van der Waals surface area contributed by atoms with Crippen LogP contribution in [0.1, 0.15) is 23.7 Å². The number of benzene rings is 1. The van der Waals surface area contributed by atoms with Crippen molar-refractivity contribution in [1.29, 1.82) is 0 Å². The van der Waals surface area contributed by atoms with Crippen molar-refractivity contribution in [2.45, 2.75) is 25.0 Å². The van der Waals surface area contributed by atoms with Crippen LogP contribution in [0, 0.1) is 10.1 Å². The predicted molar refractivity (Wildman–Crippen MR) is 75.4 cm³/mol. The first-order valence-corrected chi connectivity index (χ1v) is 6.77. The molecule has 1 heterocycles. The number of ether oxygens (including phenoxy) is 1. The molecule has 7 nitrogen and oxygen atoms in total. The Labute approximate surface area is 126 Å². The van der Waals surface area contributed by atoms with Gasteiger partial charge in [-0.3, -0.25) is 14.9 Å². The van der Waals surface area contributed by atoms with Gasteiger partial charge in [-0.05, 0) is 19.1 Å². The van der Waals surface area contributed by atoms with Crippen LogP contribution in [0.3, 0.4) is 0 Å². The van der Waals surface area contributed by atoms with Crippen LogP contribution in [0.25, 0.3) is 0 Å². The van der Waals surface area contributed by atoms with Gasteiger partial charge in [0.1, 0.15) is 11.2 Å². The maximum absolute atomic E-state index is 12.1. The summed E-state index contributed by atoms with van der Waals surface area (Å²) in [5.74, 6) is -0.633. The van der Waals surface area contributed by atoms with Crippen molar-refractivity contribution >= 4 is 23.2 Å². The Kier molecular flexibility index (Phi) is 4.46. The zero-order chi connectivity index (χ0) is 15.6. The van der Waals surface area contributed by atoms with Crippen LogP contribution in [0.2, 0.25) is 5.02 Å². The predicted octanol–water partition coefficient (Wildman–Crippen LogP) is 1.52. The van der Waals surface area contributed by atoms with E-state index in [1.54, 1.807) is 6.92 Å². The molecule has 1 aliphatic heterocycles. The standard InChI is InChI=1S/C13H15ClN2O5/c1-8-13(18,4-5-21-8)7-15-12(17)10-3-2-9(14)6-11(10)16(19)20/h2-3,6,8,18H,4-5,7H2,1H3,(H,15,17). The number of carbonyl (C=O) groups excluding carboxylic acids is 1. The Hall–Kier alpha value is -1.70. The van der Waals surface area contributed by atoms with Crippen molar-refractivity contribution in [3.63, 3.8) is 0 Å². The minimum absolute atomic E-state index is 0.0349. The van der Waals surface area contributed by atoms with E-state index in [0.29, 0.717) is 13.0 Å². The number of carbonyl (C=O) groups is 1. The topological polar surface area (TPSA) is 102 Å². The number of nitrogens with one attached hydrogen (secondary N) is 1. The van der Waals surface area contributed by atoms with Gasteiger partial charge in [0.2, 0.25) is 0 Å². The monoisotopic (exact) mass is 314 g/mol. The molecule has 1 aliphatic rings. The normalized spacial score (nSPS) is 24.8. The van der Waals surface area contributed by atoms with Gasteiger partial charge in [0.25, 0.3) is 11.6 Å². The molecular weight excluding hydrogens is 300 g/mol. The highest BCUT2D eigenvalue weighted by molar-refractivity contribution is 6.31.